The van der Waals surface area contributed by atoms with Gasteiger partial charge in [0.2, 0.25) is 5.95 Å². The minimum atomic E-state index is -0.600. The van der Waals surface area contributed by atoms with Crippen LogP contribution in [0.5, 0.6) is 0 Å². The lowest BCUT2D eigenvalue weighted by molar-refractivity contribution is 0.0950. The number of halogens is 1. The molecule has 0 aliphatic carbocycles. The van der Waals surface area contributed by atoms with Crippen molar-refractivity contribution < 1.29 is 9.18 Å². The Balaban J connectivity index is 1.95. The molecule has 0 saturated carbocycles. The predicted octanol–water partition coefficient (Wildman–Crippen LogP) is 1.92. The molecule has 0 unspecified atom stereocenters. The summed E-state index contributed by atoms with van der Waals surface area (Å²) in [5.74, 6) is -0.887. The van der Waals surface area contributed by atoms with Crippen LogP contribution in [0, 0.1) is 12.9 Å². The van der Waals surface area contributed by atoms with E-state index in [-0.39, 0.29) is 5.91 Å². The molecular weight excluding hydrogens is 241 g/mol. The maximum Gasteiger partial charge on any atom is 0.253 e. The van der Waals surface area contributed by atoms with Gasteiger partial charge < -0.3 is 5.32 Å². The van der Waals surface area contributed by atoms with Gasteiger partial charge in [0.25, 0.3) is 5.91 Å². The number of aromatic nitrogens is 2. The van der Waals surface area contributed by atoms with Crippen molar-refractivity contribution in [3.63, 3.8) is 0 Å². The number of thiazole rings is 1. The lowest BCUT2D eigenvalue weighted by Crippen LogP contribution is -2.22. The van der Waals surface area contributed by atoms with Crippen molar-refractivity contribution in [1.82, 2.24) is 15.3 Å². The molecule has 0 radical (unpaired) electrons. The Morgan fingerprint density at radius 1 is 1.41 bits per heavy atom. The fourth-order valence-corrected chi connectivity index (χ4v) is 1.98. The quantitative estimate of drug-likeness (QED) is 0.848. The van der Waals surface area contributed by atoms with Crippen LogP contribution < -0.4 is 5.32 Å². The molecule has 2 aromatic heterocycles. The molecule has 0 saturated heterocycles. The minimum absolute atomic E-state index is 0.287. The molecule has 2 aromatic rings. The molecule has 2 rings (SSSR count). The highest BCUT2D eigenvalue weighted by atomic mass is 32.1. The average Bonchev–Trinajstić information content (AvgIpc) is 2.73. The van der Waals surface area contributed by atoms with Crippen LogP contribution in [0.4, 0.5) is 4.39 Å². The van der Waals surface area contributed by atoms with E-state index >= 15 is 0 Å². The van der Waals surface area contributed by atoms with E-state index in [1.165, 1.54) is 23.6 Å². The maximum absolute atomic E-state index is 12.6. The first-order valence-electron chi connectivity index (χ1n) is 4.96. The third-order valence-electron chi connectivity index (χ3n) is 2.06. The molecule has 1 N–H and O–H groups in total. The number of nitrogens with one attached hydrogen (secondary N) is 1. The van der Waals surface area contributed by atoms with Crippen LogP contribution in [0.15, 0.2) is 24.5 Å². The van der Waals surface area contributed by atoms with Gasteiger partial charge in [0.1, 0.15) is 5.01 Å². The van der Waals surface area contributed by atoms with E-state index in [9.17, 15) is 9.18 Å². The second kappa shape index (κ2) is 5.01. The highest BCUT2D eigenvalue weighted by Crippen LogP contribution is 2.10. The summed E-state index contributed by atoms with van der Waals surface area (Å²) in [5.41, 5.74) is 0.333. The molecule has 0 bridgehead atoms. The molecule has 0 aromatic carbocycles. The number of hydrogen-bond acceptors (Lipinski definition) is 4. The Morgan fingerprint density at radius 3 is 2.82 bits per heavy atom. The molecular formula is C11H10FN3OS. The van der Waals surface area contributed by atoms with Crippen LogP contribution in [-0.2, 0) is 6.54 Å². The third kappa shape index (κ3) is 3.07. The Labute approximate surface area is 102 Å². The molecule has 0 aliphatic heterocycles. The zero-order chi connectivity index (χ0) is 12.3. The molecule has 1 amide bonds. The van der Waals surface area contributed by atoms with Gasteiger partial charge in [-0.3, -0.25) is 4.79 Å². The Kier molecular flexibility index (Phi) is 3.43. The summed E-state index contributed by atoms with van der Waals surface area (Å²) in [6, 6.07) is 2.55. The SMILES string of the molecule is Cc1cnc(CNC(=O)c2ccc(F)nc2)s1. The zero-order valence-corrected chi connectivity index (χ0v) is 9.92. The molecule has 2 heterocycles. The van der Waals surface area contributed by atoms with Gasteiger partial charge >= 0.3 is 0 Å². The van der Waals surface area contributed by atoms with Gasteiger partial charge in [-0.25, -0.2) is 9.97 Å². The van der Waals surface area contributed by atoms with Crippen LogP contribution in [0.25, 0.3) is 0 Å². The van der Waals surface area contributed by atoms with E-state index in [1.54, 1.807) is 6.20 Å². The summed E-state index contributed by atoms with van der Waals surface area (Å²) < 4.78 is 12.6. The summed E-state index contributed by atoms with van der Waals surface area (Å²) in [6.07, 6.45) is 2.96. The number of carbonyl (C=O) groups excluding carboxylic acids is 1. The third-order valence-corrected chi connectivity index (χ3v) is 2.97. The lowest BCUT2D eigenvalue weighted by atomic mass is 10.3. The number of pyridine rings is 1. The number of carbonyl (C=O) groups is 1. The first-order valence-corrected chi connectivity index (χ1v) is 5.78. The molecule has 17 heavy (non-hydrogen) atoms. The van der Waals surface area contributed by atoms with E-state index in [2.05, 4.69) is 15.3 Å². The van der Waals surface area contributed by atoms with Crippen LogP contribution in [-0.4, -0.2) is 15.9 Å². The van der Waals surface area contributed by atoms with Crippen molar-refractivity contribution in [3.05, 3.63) is 45.9 Å². The van der Waals surface area contributed by atoms with Crippen molar-refractivity contribution in [2.45, 2.75) is 13.5 Å². The molecule has 0 aliphatic rings. The molecule has 0 atom stereocenters. The zero-order valence-electron chi connectivity index (χ0n) is 9.11. The molecule has 0 spiro atoms. The van der Waals surface area contributed by atoms with Crippen LogP contribution in [0.3, 0.4) is 0 Å². The monoisotopic (exact) mass is 251 g/mol. The first kappa shape index (κ1) is 11.7. The average molecular weight is 251 g/mol. The summed E-state index contributed by atoms with van der Waals surface area (Å²) in [5, 5.41) is 3.53. The lowest BCUT2D eigenvalue weighted by Gasteiger charge is -2.02. The summed E-state index contributed by atoms with van der Waals surface area (Å²) in [7, 11) is 0. The van der Waals surface area contributed by atoms with Gasteiger partial charge in [-0.15, -0.1) is 11.3 Å². The Morgan fingerprint density at radius 2 is 2.24 bits per heavy atom. The highest BCUT2D eigenvalue weighted by Gasteiger charge is 2.07. The fraction of sp³-hybridized carbons (Fsp3) is 0.182. The van der Waals surface area contributed by atoms with Crippen LogP contribution in [0.2, 0.25) is 0 Å². The smallest absolute Gasteiger partial charge is 0.253 e. The normalized spacial score (nSPS) is 10.2. The number of hydrogen-bond donors (Lipinski definition) is 1. The van der Waals surface area contributed by atoms with E-state index in [0.29, 0.717) is 12.1 Å². The van der Waals surface area contributed by atoms with Crippen molar-refractivity contribution in [3.8, 4) is 0 Å². The Hall–Kier alpha value is -1.82. The van der Waals surface area contributed by atoms with Crippen molar-refractivity contribution in [2.75, 3.05) is 0 Å². The molecule has 0 fully saturated rings. The minimum Gasteiger partial charge on any atom is -0.345 e. The van der Waals surface area contributed by atoms with Gasteiger partial charge in [0.05, 0.1) is 12.1 Å². The first-order chi connectivity index (χ1) is 8.15. The summed E-state index contributed by atoms with van der Waals surface area (Å²) in [6.45, 7) is 2.32. The molecule has 6 heteroatoms. The van der Waals surface area contributed by atoms with Crippen molar-refractivity contribution in [1.29, 1.82) is 0 Å². The molecule has 4 nitrogen and oxygen atoms in total. The number of aryl methyl sites for hydroxylation is 1. The van der Waals surface area contributed by atoms with Gasteiger partial charge in [0, 0.05) is 17.3 Å². The van der Waals surface area contributed by atoms with E-state index in [0.717, 1.165) is 16.0 Å². The van der Waals surface area contributed by atoms with E-state index in [4.69, 9.17) is 0 Å². The summed E-state index contributed by atoms with van der Waals surface area (Å²) in [4.78, 5) is 20.3. The van der Waals surface area contributed by atoms with E-state index < -0.39 is 5.95 Å². The van der Waals surface area contributed by atoms with Crippen LogP contribution >= 0.6 is 11.3 Å². The fourth-order valence-electron chi connectivity index (χ4n) is 1.25. The standard InChI is InChI=1S/C11H10FN3OS/c1-7-4-14-10(17-7)6-15-11(16)8-2-3-9(12)13-5-8/h2-5H,6H2,1H3,(H,15,16). The van der Waals surface area contributed by atoms with Crippen molar-refractivity contribution >= 4 is 17.2 Å². The number of nitrogens with zero attached hydrogens (tertiary/aromatic N) is 2. The van der Waals surface area contributed by atoms with Gasteiger partial charge in [-0.05, 0) is 19.1 Å². The van der Waals surface area contributed by atoms with Crippen molar-refractivity contribution in [2.24, 2.45) is 0 Å². The maximum atomic E-state index is 12.6. The van der Waals surface area contributed by atoms with Gasteiger partial charge in [-0.1, -0.05) is 0 Å². The van der Waals surface area contributed by atoms with Gasteiger partial charge in [0.15, 0.2) is 0 Å². The predicted molar refractivity (Wildman–Crippen MR) is 62.2 cm³/mol. The second-order valence-electron chi connectivity index (χ2n) is 3.42. The Bertz CT molecular complexity index is 524. The number of rotatable bonds is 3. The number of amides is 1. The highest BCUT2D eigenvalue weighted by molar-refractivity contribution is 7.11. The molecule has 88 valence electrons. The van der Waals surface area contributed by atoms with Crippen LogP contribution in [0.1, 0.15) is 20.2 Å². The topological polar surface area (TPSA) is 54.9 Å². The largest absolute Gasteiger partial charge is 0.345 e. The van der Waals surface area contributed by atoms with E-state index in [1.807, 2.05) is 6.92 Å². The van der Waals surface area contributed by atoms with Gasteiger partial charge in [-0.2, -0.15) is 4.39 Å². The second-order valence-corrected chi connectivity index (χ2v) is 4.74. The summed E-state index contributed by atoms with van der Waals surface area (Å²) >= 11 is 1.53.